The van der Waals surface area contributed by atoms with Gasteiger partial charge in [0.15, 0.2) is 5.78 Å². The number of alkyl carbamates (subject to hydrolysis) is 1. The number of Topliss-reactive ketones (excluding diaryl/α,β-unsaturated/α-hetero) is 1. The number of halogens is 3. The van der Waals surface area contributed by atoms with Crippen LogP contribution in [0.25, 0.3) is 11.0 Å². The molecule has 1 aromatic carbocycles. The van der Waals surface area contributed by atoms with Crippen molar-refractivity contribution in [2.45, 2.75) is 122 Å². The maximum absolute atomic E-state index is 14.8. The predicted molar refractivity (Wildman–Crippen MR) is 172 cm³/mol. The van der Waals surface area contributed by atoms with Gasteiger partial charge in [-0.25, -0.2) is 14.8 Å². The van der Waals surface area contributed by atoms with Crippen LogP contribution in [-0.4, -0.2) is 76.3 Å². The number of methoxy groups -OCH3 is 1. The molecule has 48 heavy (non-hydrogen) atoms. The molecule has 6 atom stereocenters. The molecule has 10 nitrogen and oxygen atoms in total. The SMILES string of the molecule is CC[C@@H]1[C@@H]2CN(C(=O)[C@H](C(C)(C)C)NC(=O)O[C@]3(C(F)(F)F)CCC[C@H]3CCCCCc3nc4ccc(OC)cc4nc3O2)[C@@H]1C(C)=O. The Morgan fingerprint density at radius 2 is 1.81 bits per heavy atom. The molecule has 1 saturated carbocycles. The van der Waals surface area contributed by atoms with Crippen molar-refractivity contribution in [2.24, 2.45) is 17.3 Å². The van der Waals surface area contributed by atoms with Crippen molar-refractivity contribution < 1.29 is 41.8 Å². The van der Waals surface area contributed by atoms with Gasteiger partial charge in [0.25, 0.3) is 0 Å². The van der Waals surface area contributed by atoms with Crippen molar-refractivity contribution in [1.29, 1.82) is 0 Å². The lowest BCUT2D eigenvalue weighted by Crippen LogP contribution is -2.59. The van der Waals surface area contributed by atoms with Crippen molar-refractivity contribution in [2.75, 3.05) is 13.7 Å². The standard InChI is InChI=1S/C35H47F3N4O6/c1-7-23-27-19-42(28(23)20(2)43)31(44)29(33(3,4)5)41-32(45)48-34(35(36,37)38)17-11-13-21(34)12-9-8-10-14-25-30(47-27)40-26-18-22(46-6)15-16-24(26)39-25/h15-16,18,21,23,27-29H,7-14,17,19H2,1-6H3,(H,41,45)/t21-,23-,27+,28-,29-,34-/m1/s1. The lowest BCUT2D eigenvalue weighted by Gasteiger charge is -2.39. The Morgan fingerprint density at radius 3 is 2.46 bits per heavy atom. The van der Waals surface area contributed by atoms with Crippen molar-refractivity contribution in [3.63, 3.8) is 0 Å². The van der Waals surface area contributed by atoms with Crippen LogP contribution in [0.5, 0.6) is 11.6 Å². The second-order valence-corrected chi connectivity index (χ2v) is 14.5. The summed E-state index contributed by atoms with van der Waals surface area (Å²) in [7, 11) is 1.56. The van der Waals surface area contributed by atoms with Crippen LogP contribution in [0.1, 0.15) is 91.7 Å². The van der Waals surface area contributed by atoms with Gasteiger partial charge in [-0.15, -0.1) is 0 Å². The Balaban J connectivity index is 1.59. The number of hydrogen-bond acceptors (Lipinski definition) is 8. The lowest BCUT2D eigenvalue weighted by molar-refractivity contribution is -0.271. The molecule has 3 heterocycles. The zero-order valence-corrected chi connectivity index (χ0v) is 28.6. The van der Waals surface area contributed by atoms with Gasteiger partial charge in [0.05, 0.1) is 30.7 Å². The number of benzene rings is 1. The summed E-state index contributed by atoms with van der Waals surface area (Å²) in [6.07, 6.45) is -3.57. The van der Waals surface area contributed by atoms with Gasteiger partial charge in [0, 0.05) is 17.9 Å². The zero-order chi connectivity index (χ0) is 35.0. The van der Waals surface area contributed by atoms with E-state index in [1.807, 2.05) is 6.92 Å². The molecule has 3 aliphatic rings. The molecule has 2 aromatic rings. The fourth-order valence-corrected chi connectivity index (χ4v) is 7.80. The van der Waals surface area contributed by atoms with Gasteiger partial charge in [-0.3, -0.25) is 9.59 Å². The molecule has 1 aliphatic carbocycles. The van der Waals surface area contributed by atoms with Crippen LogP contribution in [0.15, 0.2) is 18.2 Å². The van der Waals surface area contributed by atoms with E-state index in [1.165, 1.54) is 11.8 Å². The normalized spacial score (nSPS) is 29.2. The summed E-state index contributed by atoms with van der Waals surface area (Å²) >= 11 is 0. The number of alkyl halides is 3. The van der Waals surface area contributed by atoms with Crippen LogP contribution in [0, 0.1) is 17.3 Å². The van der Waals surface area contributed by atoms with Gasteiger partial charge < -0.3 is 24.4 Å². The summed E-state index contributed by atoms with van der Waals surface area (Å²) in [4.78, 5) is 52.0. The van der Waals surface area contributed by atoms with Crippen LogP contribution in [0.4, 0.5) is 18.0 Å². The highest BCUT2D eigenvalue weighted by molar-refractivity contribution is 5.92. The first-order valence-electron chi connectivity index (χ1n) is 17.0. The summed E-state index contributed by atoms with van der Waals surface area (Å²) in [6, 6.07) is 3.19. The van der Waals surface area contributed by atoms with Crippen molar-refractivity contribution in [1.82, 2.24) is 20.2 Å². The third kappa shape index (κ3) is 6.92. The van der Waals surface area contributed by atoms with E-state index in [9.17, 15) is 27.6 Å². The van der Waals surface area contributed by atoms with Crippen LogP contribution < -0.4 is 14.8 Å². The van der Waals surface area contributed by atoms with E-state index in [0.717, 1.165) is 0 Å². The van der Waals surface area contributed by atoms with E-state index in [2.05, 4.69) is 5.32 Å². The summed E-state index contributed by atoms with van der Waals surface area (Å²) < 4.78 is 61.7. The number of fused-ring (bicyclic) bond motifs is 5. The first kappa shape index (κ1) is 35.7. The van der Waals surface area contributed by atoms with E-state index in [1.54, 1.807) is 46.1 Å². The number of carbonyl (C=O) groups is 3. The molecule has 1 saturated heterocycles. The number of aryl methyl sites for hydroxylation is 1. The zero-order valence-electron chi connectivity index (χ0n) is 28.6. The largest absolute Gasteiger partial charge is 0.497 e. The predicted octanol–water partition coefficient (Wildman–Crippen LogP) is 6.57. The van der Waals surface area contributed by atoms with Crippen molar-refractivity contribution in [3.8, 4) is 11.6 Å². The van der Waals surface area contributed by atoms with Gasteiger partial charge in [0.2, 0.25) is 17.4 Å². The molecular formula is C35H47F3N4O6. The number of nitrogens with one attached hydrogen (secondary N) is 1. The molecule has 5 rings (SSSR count). The molecular weight excluding hydrogens is 629 g/mol. The molecule has 0 radical (unpaired) electrons. The minimum absolute atomic E-state index is 0.0106. The van der Waals surface area contributed by atoms with Crippen LogP contribution in [0.2, 0.25) is 0 Å². The Kier molecular flexibility index (Phi) is 10.2. The van der Waals surface area contributed by atoms with Crippen LogP contribution >= 0.6 is 0 Å². The molecule has 2 amide bonds. The Morgan fingerprint density at radius 1 is 1.08 bits per heavy atom. The maximum Gasteiger partial charge on any atom is 0.428 e. The Labute approximate surface area is 279 Å². The molecule has 1 aromatic heterocycles. The molecule has 13 heteroatoms. The number of hydrogen-bond donors (Lipinski definition) is 1. The summed E-state index contributed by atoms with van der Waals surface area (Å²) in [6.45, 7) is 8.43. The molecule has 264 valence electrons. The third-order valence-electron chi connectivity index (χ3n) is 10.3. The number of rotatable bonds is 3. The van der Waals surface area contributed by atoms with Crippen molar-refractivity contribution in [3.05, 3.63) is 23.9 Å². The monoisotopic (exact) mass is 676 g/mol. The number of carbonyl (C=O) groups excluding carboxylic acids is 3. The molecule has 0 spiro atoms. The highest BCUT2D eigenvalue weighted by Crippen LogP contribution is 2.51. The summed E-state index contributed by atoms with van der Waals surface area (Å²) in [5.41, 5.74) is -1.79. The molecule has 0 unspecified atom stereocenters. The number of aromatic nitrogens is 2. The number of nitrogens with zero attached hydrogens (tertiary/aromatic N) is 3. The van der Waals surface area contributed by atoms with E-state index in [0.29, 0.717) is 54.6 Å². The van der Waals surface area contributed by atoms with Gasteiger partial charge in [-0.05, 0) is 69.4 Å². The molecule has 2 aliphatic heterocycles. The fourth-order valence-electron chi connectivity index (χ4n) is 7.80. The average molecular weight is 677 g/mol. The molecule has 2 fully saturated rings. The van der Waals surface area contributed by atoms with E-state index in [4.69, 9.17) is 24.2 Å². The van der Waals surface area contributed by atoms with Crippen LogP contribution in [-0.2, 0) is 20.7 Å². The van der Waals surface area contributed by atoms with Gasteiger partial charge in [-0.2, -0.15) is 13.2 Å². The first-order valence-corrected chi connectivity index (χ1v) is 17.0. The smallest absolute Gasteiger partial charge is 0.428 e. The minimum atomic E-state index is -4.79. The maximum atomic E-state index is 14.8. The molecule has 1 N–H and O–H groups in total. The summed E-state index contributed by atoms with van der Waals surface area (Å²) in [5, 5.41) is 2.50. The first-order chi connectivity index (χ1) is 22.6. The Hall–Kier alpha value is -3.64. The topological polar surface area (TPSA) is 120 Å². The highest BCUT2D eigenvalue weighted by Gasteiger charge is 2.64. The van der Waals surface area contributed by atoms with Crippen molar-refractivity contribution >= 4 is 28.8 Å². The third-order valence-corrected chi connectivity index (χ3v) is 10.3. The summed E-state index contributed by atoms with van der Waals surface area (Å²) in [5.74, 6) is -1.29. The minimum Gasteiger partial charge on any atom is -0.497 e. The fraction of sp³-hybridized carbons (Fsp3) is 0.686. The highest BCUT2D eigenvalue weighted by atomic mass is 19.4. The van der Waals surface area contributed by atoms with Crippen LogP contribution in [0.3, 0.4) is 0 Å². The van der Waals surface area contributed by atoms with E-state index >= 15 is 0 Å². The number of ketones is 1. The van der Waals surface area contributed by atoms with Gasteiger partial charge in [0.1, 0.15) is 23.6 Å². The van der Waals surface area contributed by atoms with Gasteiger partial charge >= 0.3 is 12.3 Å². The Bertz CT molecular complexity index is 1530. The molecule has 2 bridgehead atoms. The quantitative estimate of drug-likeness (QED) is 0.388. The van der Waals surface area contributed by atoms with E-state index < -0.39 is 59.2 Å². The second-order valence-electron chi connectivity index (χ2n) is 14.5. The van der Waals surface area contributed by atoms with Gasteiger partial charge in [-0.1, -0.05) is 40.5 Å². The number of ether oxygens (including phenoxy) is 3. The average Bonchev–Trinajstić information content (AvgIpc) is 3.59. The second kappa shape index (κ2) is 13.7. The number of amides is 2. The van der Waals surface area contributed by atoms with E-state index in [-0.39, 0.29) is 43.9 Å². The lowest BCUT2D eigenvalue weighted by atomic mass is 9.85.